The van der Waals surface area contributed by atoms with Crippen LogP contribution in [0.25, 0.3) is 16.7 Å². The number of anilines is 1. The molecule has 0 aliphatic heterocycles. The molecule has 20 heavy (non-hydrogen) atoms. The molecular weight excluding hydrogens is 252 g/mol. The Balaban J connectivity index is 2.17. The van der Waals surface area contributed by atoms with Gasteiger partial charge in [0.25, 0.3) is 0 Å². The summed E-state index contributed by atoms with van der Waals surface area (Å²) in [7, 11) is 1.63. The number of benzene rings is 2. The number of nitrogen functional groups attached to an aromatic ring is 1. The van der Waals surface area contributed by atoms with Gasteiger partial charge in [-0.05, 0) is 43.2 Å². The molecule has 1 aromatic heterocycles. The van der Waals surface area contributed by atoms with Crippen LogP contribution in [0.2, 0.25) is 0 Å². The Hall–Kier alpha value is -2.56. The van der Waals surface area contributed by atoms with Crippen molar-refractivity contribution in [1.29, 1.82) is 0 Å². The molecule has 0 unspecified atom stereocenters. The lowest BCUT2D eigenvalue weighted by Gasteiger charge is -2.09. The topological polar surface area (TPSA) is 66.0 Å². The first-order chi connectivity index (χ1) is 9.58. The van der Waals surface area contributed by atoms with E-state index in [9.17, 15) is 0 Å². The van der Waals surface area contributed by atoms with Gasteiger partial charge < -0.3 is 10.5 Å². The summed E-state index contributed by atoms with van der Waals surface area (Å²) in [5.74, 6) is 0.763. The highest BCUT2D eigenvalue weighted by Gasteiger charge is 2.11. The summed E-state index contributed by atoms with van der Waals surface area (Å²) in [6, 6.07) is 9.71. The van der Waals surface area contributed by atoms with Crippen molar-refractivity contribution in [3.8, 4) is 11.4 Å². The van der Waals surface area contributed by atoms with Crippen LogP contribution in [0.1, 0.15) is 11.1 Å². The molecule has 3 aromatic rings. The molecule has 1 heterocycles. The SMILES string of the molecule is COc1cc(N)c(-n2nc3ccc(C)cc3n2)cc1C. The van der Waals surface area contributed by atoms with Crippen LogP contribution < -0.4 is 10.5 Å². The van der Waals surface area contributed by atoms with Crippen molar-refractivity contribution in [2.75, 3.05) is 12.8 Å². The number of rotatable bonds is 2. The van der Waals surface area contributed by atoms with Gasteiger partial charge in [-0.2, -0.15) is 0 Å². The predicted octanol–water partition coefficient (Wildman–Crippen LogP) is 2.63. The second-order valence-corrected chi connectivity index (χ2v) is 4.86. The molecule has 2 N–H and O–H groups in total. The number of methoxy groups -OCH3 is 1. The molecule has 2 aromatic carbocycles. The van der Waals surface area contributed by atoms with E-state index < -0.39 is 0 Å². The molecule has 3 rings (SSSR count). The van der Waals surface area contributed by atoms with Crippen molar-refractivity contribution in [1.82, 2.24) is 15.0 Å². The van der Waals surface area contributed by atoms with Crippen molar-refractivity contribution in [3.05, 3.63) is 41.5 Å². The standard InChI is InChI=1S/C15H16N4O/c1-9-4-5-12-13(6-9)18-19(17-12)14-7-10(2)15(20-3)8-11(14)16/h4-8H,16H2,1-3H3. The van der Waals surface area contributed by atoms with Gasteiger partial charge in [0.1, 0.15) is 22.5 Å². The van der Waals surface area contributed by atoms with Crippen LogP contribution in [0, 0.1) is 13.8 Å². The Morgan fingerprint density at radius 3 is 2.55 bits per heavy atom. The molecule has 102 valence electrons. The fourth-order valence-corrected chi connectivity index (χ4v) is 2.21. The van der Waals surface area contributed by atoms with Crippen LogP contribution in [-0.4, -0.2) is 22.1 Å². The minimum Gasteiger partial charge on any atom is -0.496 e. The Morgan fingerprint density at radius 1 is 1.05 bits per heavy atom. The van der Waals surface area contributed by atoms with Crippen LogP contribution in [-0.2, 0) is 0 Å². The molecule has 0 saturated carbocycles. The summed E-state index contributed by atoms with van der Waals surface area (Å²) in [4.78, 5) is 1.58. The molecule has 0 aliphatic rings. The van der Waals surface area contributed by atoms with E-state index in [1.54, 1.807) is 18.0 Å². The largest absolute Gasteiger partial charge is 0.496 e. The van der Waals surface area contributed by atoms with E-state index in [2.05, 4.69) is 10.2 Å². The molecule has 5 nitrogen and oxygen atoms in total. The zero-order chi connectivity index (χ0) is 14.3. The van der Waals surface area contributed by atoms with E-state index in [-0.39, 0.29) is 0 Å². The summed E-state index contributed by atoms with van der Waals surface area (Å²) in [5, 5.41) is 8.95. The molecule has 0 spiro atoms. The average Bonchev–Trinajstić information content (AvgIpc) is 2.83. The van der Waals surface area contributed by atoms with Crippen molar-refractivity contribution in [2.45, 2.75) is 13.8 Å². The number of nitrogens with zero attached hydrogens (tertiary/aromatic N) is 3. The fraction of sp³-hybridized carbons (Fsp3) is 0.200. The molecule has 0 bridgehead atoms. The van der Waals surface area contributed by atoms with Gasteiger partial charge in [0.15, 0.2) is 0 Å². The van der Waals surface area contributed by atoms with Crippen molar-refractivity contribution >= 4 is 16.7 Å². The number of aryl methyl sites for hydroxylation is 2. The lowest BCUT2D eigenvalue weighted by molar-refractivity contribution is 0.412. The van der Waals surface area contributed by atoms with Gasteiger partial charge in [0, 0.05) is 6.07 Å². The van der Waals surface area contributed by atoms with Crippen LogP contribution >= 0.6 is 0 Å². The van der Waals surface area contributed by atoms with E-state index in [1.807, 2.05) is 38.1 Å². The highest BCUT2D eigenvalue weighted by Crippen LogP contribution is 2.27. The predicted molar refractivity (Wildman–Crippen MR) is 79.3 cm³/mol. The number of fused-ring (bicyclic) bond motifs is 1. The normalized spacial score (nSPS) is 10.9. The smallest absolute Gasteiger partial charge is 0.123 e. The summed E-state index contributed by atoms with van der Waals surface area (Å²) in [5.41, 5.74) is 11.3. The first-order valence-corrected chi connectivity index (χ1v) is 6.36. The number of ether oxygens (including phenoxy) is 1. The third kappa shape index (κ3) is 1.97. The van der Waals surface area contributed by atoms with Gasteiger partial charge in [0.05, 0.1) is 12.8 Å². The number of nitrogens with two attached hydrogens (primary N) is 1. The molecule has 0 fully saturated rings. The van der Waals surface area contributed by atoms with Crippen LogP contribution in [0.3, 0.4) is 0 Å². The summed E-state index contributed by atoms with van der Waals surface area (Å²) >= 11 is 0. The van der Waals surface area contributed by atoms with Gasteiger partial charge >= 0.3 is 0 Å². The third-order valence-corrected chi connectivity index (χ3v) is 3.30. The van der Waals surface area contributed by atoms with Crippen LogP contribution in [0.15, 0.2) is 30.3 Å². The minimum absolute atomic E-state index is 0.587. The minimum atomic E-state index is 0.587. The average molecular weight is 268 g/mol. The van der Waals surface area contributed by atoms with Gasteiger partial charge in [-0.25, -0.2) is 0 Å². The van der Waals surface area contributed by atoms with Gasteiger partial charge in [-0.3, -0.25) is 0 Å². The first-order valence-electron chi connectivity index (χ1n) is 6.36. The lowest BCUT2D eigenvalue weighted by atomic mass is 10.1. The summed E-state index contributed by atoms with van der Waals surface area (Å²) in [6.07, 6.45) is 0. The van der Waals surface area contributed by atoms with Gasteiger partial charge in [0.2, 0.25) is 0 Å². The van der Waals surface area contributed by atoms with E-state index >= 15 is 0 Å². The van der Waals surface area contributed by atoms with E-state index in [0.717, 1.165) is 33.6 Å². The molecular formula is C15H16N4O. The Kier molecular flexibility index (Phi) is 2.82. The molecule has 5 heteroatoms. The zero-order valence-electron chi connectivity index (χ0n) is 11.7. The van der Waals surface area contributed by atoms with Gasteiger partial charge in [-0.15, -0.1) is 15.0 Å². The van der Waals surface area contributed by atoms with E-state index in [0.29, 0.717) is 5.69 Å². The Labute approximate surface area is 117 Å². The highest BCUT2D eigenvalue weighted by molar-refractivity contribution is 5.75. The maximum atomic E-state index is 6.07. The highest BCUT2D eigenvalue weighted by atomic mass is 16.5. The monoisotopic (exact) mass is 268 g/mol. The maximum Gasteiger partial charge on any atom is 0.123 e. The Bertz CT molecular complexity index is 792. The summed E-state index contributed by atoms with van der Waals surface area (Å²) < 4.78 is 5.26. The van der Waals surface area contributed by atoms with Crippen molar-refractivity contribution in [3.63, 3.8) is 0 Å². The van der Waals surface area contributed by atoms with Crippen LogP contribution in [0.5, 0.6) is 5.75 Å². The second kappa shape index (κ2) is 4.52. The van der Waals surface area contributed by atoms with Crippen molar-refractivity contribution < 1.29 is 4.74 Å². The lowest BCUT2D eigenvalue weighted by Crippen LogP contribution is -2.04. The molecule has 0 saturated heterocycles. The Morgan fingerprint density at radius 2 is 1.80 bits per heavy atom. The molecule has 0 aliphatic carbocycles. The molecule has 0 atom stereocenters. The van der Waals surface area contributed by atoms with Crippen molar-refractivity contribution in [2.24, 2.45) is 0 Å². The third-order valence-electron chi connectivity index (χ3n) is 3.30. The van der Waals surface area contributed by atoms with E-state index in [4.69, 9.17) is 10.5 Å². The number of aromatic nitrogens is 3. The maximum absolute atomic E-state index is 6.07. The molecule has 0 amide bonds. The quantitative estimate of drug-likeness (QED) is 0.725. The first kappa shape index (κ1) is 12.5. The number of hydrogen-bond acceptors (Lipinski definition) is 4. The van der Waals surface area contributed by atoms with E-state index in [1.165, 1.54) is 0 Å². The fourth-order valence-electron chi connectivity index (χ4n) is 2.21. The summed E-state index contributed by atoms with van der Waals surface area (Å²) in [6.45, 7) is 4.00. The zero-order valence-corrected chi connectivity index (χ0v) is 11.7. The van der Waals surface area contributed by atoms with Crippen LogP contribution in [0.4, 0.5) is 5.69 Å². The molecule has 0 radical (unpaired) electrons. The second-order valence-electron chi connectivity index (χ2n) is 4.86. The van der Waals surface area contributed by atoms with Gasteiger partial charge in [-0.1, -0.05) is 6.07 Å². The number of hydrogen-bond donors (Lipinski definition) is 1.